The first-order valence-electron chi connectivity index (χ1n) is 8.53. The van der Waals surface area contributed by atoms with Crippen molar-refractivity contribution in [1.29, 1.82) is 0 Å². The van der Waals surface area contributed by atoms with Crippen LogP contribution in [0.25, 0.3) is 0 Å². The predicted octanol–water partition coefficient (Wildman–Crippen LogP) is 3.68. The summed E-state index contributed by atoms with van der Waals surface area (Å²) in [6.45, 7) is 0. The third-order valence-corrected chi connectivity index (χ3v) is 4.55. The molecule has 0 saturated heterocycles. The van der Waals surface area contributed by atoms with E-state index in [-0.39, 0.29) is 35.5 Å². The molecular formula is C22H18O6. The molecule has 0 fully saturated rings. The monoisotopic (exact) mass is 378 g/mol. The Morgan fingerprint density at radius 3 is 1.29 bits per heavy atom. The number of hydrogen-bond donors (Lipinski definition) is 4. The Balaban J connectivity index is 1.85. The normalized spacial score (nSPS) is 10.6. The van der Waals surface area contributed by atoms with Crippen LogP contribution in [0.15, 0.2) is 60.7 Å². The maximum Gasteiger partial charge on any atom is 0.336 e. The summed E-state index contributed by atoms with van der Waals surface area (Å²) < 4.78 is 0. The molecule has 0 saturated carbocycles. The number of carbonyl (C=O) groups is 2. The van der Waals surface area contributed by atoms with Crippen LogP contribution in [0.5, 0.6) is 11.5 Å². The molecule has 6 heteroatoms. The van der Waals surface area contributed by atoms with Crippen molar-refractivity contribution in [2.24, 2.45) is 0 Å². The van der Waals surface area contributed by atoms with E-state index in [1.54, 1.807) is 24.3 Å². The second-order valence-electron chi connectivity index (χ2n) is 6.39. The molecule has 142 valence electrons. The van der Waals surface area contributed by atoms with E-state index in [4.69, 9.17) is 0 Å². The summed E-state index contributed by atoms with van der Waals surface area (Å²) in [6, 6.07) is 15.9. The molecule has 0 atom stereocenters. The standard InChI is InChI=1S/C22H18O6/c23-19-5-1-3-15(21(25)26)17(19)11-13-7-9-14(10-8-13)12-18-16(22(27)28)4-2-6-20(18)24/h1-10,23-24H,11-12H2,(H,25,26)(H,27,28). The number of carboxylic acid groups (broad SMARTS) is 2. The minimum Gasteiger partial charge on any atom is -0.508 e. The Morgan fingerprint density at radius 2 is 0.964 bits per heavy atom. The van der Waals surface area contributed by atoms with E-state index < -0.39 is 11.9 Å². The van der Waals surface area contributed by atoms with Gasteiger partial charge in [-0.1, -0.05) is 36.4 Å². The van der Waals surface area contributed by atoms with Crippen molar-refractivity contribution >= 4 is 11.9 Å². The van der Waals surface area contributed by atoms with Crippen molar-refractivity contribution < 1.29 is 30.0 Å². The largest absolute Gasteiger partial charge is 0.508 e. The van der Waals surface area contributed by atoms with Gasteiger partial charge < -0.3 is 20.4 Å². The van der Waals surface area contributed by atoms with Crippen LogP contribution < -0.4 is 0 Å². The lowest BCUT2D eigenvalue weighted by Crippen LogP contribution is -2.04. The highest BCUT2D eigenvalue weighted by Crippen LogP contribution is 2.27. The van der Waals surface area contributed by atoms with Crippen molar-refractivity contribution in [3.63, 3.8) is 0 Å². The molecule has 28 heavy (non-hydrogen) atoms. The Bertz CT molecular complexity index is 953. The number of phenolic OH excluding ortho intramolecular Hbond substituents is 2. The van der Waals surface area contributed by atoms with Gasteiger partial charge in [-0.2, -0.15) is 0 Å². The van der Waals surface area contributed by atoms with Crippen LogP contribution in [0.2, 0.25) is 0 Å². The summed E-state index contributed by atoms with van der Waals surface area (Å²) in [7, 11) is 0. The fraction of sp³-hybridized carbons (Fsp3) is 0.0909. The molecule has 6 nitrogen and oxygen atoms in total. The second-order valence-corrected chi connectivity index (χ2v) is 6.39. The molecule has 0 spiro atoms. The van der Waals surface area contributed by atoms with Gasteiger partial charge >= 0.3 is 11.9 Å². The Labute approximate surface area is 161 Å². The molecule has 3 rings (SSSR count). The molecular weight excluding hydrogens is 360 g/mol. The number of phenols is 2. The van der Waals surface area contributed by atoms with Gasteiger partial charge in [0.25, 0.3) is 0 Å². The van der Waals surface area contributed by atoms with Crippen LogP contribution >= 0.6 is 0 Å². The van der Waals surface area contributed by atoms with Crippen molar-refractivity contribution in [1.82, 2.24) is 0 Å². The highest BCUT2D eigenvalue weighted by molar-refractivity contribution is 5.91. The van der Waals surface area contributed by atoms with Crippen LogP contribution in [0, 0.1) is 0 Å². The van der Waals surface area contributed by atoms with Crippen LogP contribution in [-0.2, 0) is 12.8 Å². The molecule has 0 radical (unpaired) electrons. The Kier molecular flexibility index (Phi) is 5.31. The number of rotatable bonds is 6. The van der Waals surface area contributed by atoms with Crippen molar-refractivity contribution in [3.8, 4) is 11.5 Å². The maximum absolute atomic E-state index is 11.4. The SMILES string of the molecule is O=C(O)c1cccc(O)c1Cc1ccc(Cc2c(O)cccc2C(=O)O)cc1. The predicted molar refractivity (Wildman–Crippen MR) is 102 cm³/mol. The second kappa shape index (κ2) is 7.84. The van der Waals surface area contributed by atoms with Gasteiger partial charge in [0.15, 0.2) is 0 Å². The zero-order valence-electron chi connectivity index (χ0n) is 14.8. The van der Waals surface area contributed by atoms with Gasteiger partial charge in [0.1, 0.15) is 11.5 Å². The Hall–Kier alpha value is -3.80. The molecule has 4 N–H and O–H groups in total. The smallest absolute Gasteiger partial charge is 0.336 e. The fourth-order valence-corrected chi connectivity index (χ4v) is 3.10. The zero-order chi connectivity index (χ0) is 20.3. The molecule has 3 aromatic rings. The van der Waals surface area contributed by atoms with Crippen LogP contribution in [0.4, 0.5) is 0 Å². The van der Waals surface area contributed by atoms with Crippen LogP contribution in [0.1, 0.15) is 43.0 Å². The number of aromatic carboxylic acids is 2. The van der Waals surface area contributed by atoms with E-state index >= 15 is 0 Å². The summed E-state index contributed by atoms with van der Waals surface area (Å²) in [5, 5.41) is 38.6. The number of benzene rings is 3. The molecule has 3 aromatic carbocycles. The lowest BCUT2D eigenvalue weighted by atomic mass is 9.95. The van der Waals surface area contributed by atoms with Gasteiger partial charge in [-0.25, -0.2) is 9.59 Å². The molecule has 0 amide bonds. The highest BCUT2D eigenvalue weighted by Gasteiger charge is 2.16. The lowest BCUT2D eigenvalue weighted by Gasteiger charge is -2.11. The van der Waals surface area contributed by atoms with Crippen molar-refractivity contribution in [2.45, 2.75) is 12.8 Å². The number of aromatic hydroxyl groups is 2. The highest BCUT2D eigenvalue weighted by atomic mass is 16.4. The van der Waals surface area contributed by atoms with E-state index in [1.165, 1.54) is 36.4 Å². The topological polar surface area (TPSA) is 115 Å². The van der Waals surface area contributed by atoms with Gasteiger partial charge in [0.05, 0.1) is 11.1 Å². The Morgan fingerprint density at radius 1 is 0.607 bits per heavy atom. The van der Waals surface area contributed by atoms with E-state index in [1.807, 2.05) is 0 Å². The van der Waals surface area contributed by atoms with Gasteiger partial charge in [0.2, 0.25) is 0 Å². The molecule has 0 aliphatic rings. The average Bonchev–Trinajstić information content (AvgIpc) is 2.66. The first-order chi connectivity index (χ1) is 13.4. The van der Waals surface area contributed by atoms with Gasteiger partial charge in [-0.05, 0) is 35.4 Å². The van der Waals surface area contributed by atoms with Crippen molar-refractivity contribution in [2.75, 3.05) is 0 Å². The summed E-state index contributed by atoms with van der Waals surface area (Å²) >= 11 is 0. The summed E-state index contributed by atoms with van der Waals surface area (Å²) in [6.07, 6.45) is 0.483. The van der Waals surface area contributed by atoms with E-state index in [0.29, 0.717) is 11.1 Å². The summed E-state index contributed by atoms with van der Waals surface area (Å²) in [5.74, 6) is -2.37. The van der Waals surface area contributed by atoms with E-state index in [2.05, 4.69) is 0 Å². The van der Waals surface area contributed by atoms with Crippen LogP contribution in [-0.4, -0.2) is 32.4 Å². The zero-order valence-corrected chi connectivity index (χ0v) is 14.8. The minimum atomic E-state index is -1.11. The average molecular weight is 378 g/mol. The first-order valence-corrected chi connectivity index (χ1v) is 8.53. The maximum atomic E-state index is 11.4. The molecule has 0 bridgehead atoms. The number of carboxylic acids is 2. The first kappa shape index (κ1) is 19.0. The van der Waals surface area contributed by atoms with E-state index in [0.717, 1.165) is 11.1 Å². The van der Waals surface area contributed by atoms with Crippen LogP contribution in [0.3, 0.4) is 0 Å². The molecule has 0 aliphatic carbocycles. The fourth-order valence-electron chi connectivity index (χ4n) is 3.10. The number of hydrogen-bond acceptors (Lipinski definition) is 4. The summed E-state index contributed by atoms with van der Waals surface area (Å²) in [5.41, 5.74) is 2.34. The molecule has 0 aliphatic heterocycles. The molecule has 0 aromatic heterocycles. The quantitative estimate of drug-likeness (QED) is 0.520. The third kappa shape index (κ3) is 3.96. The molecule has 0 unspecified atom stereocenters. The van der Waals surface area contributed by atoms with Gasteiger partial charge in [0, 0.05) is 24.0 Å². The van der Waals surface area contributed by atoms with Crippen molar-refractivity contribution in [3.05, 3.63) is 94.0 Å². The van der Waals surface area contributed by atoms with Gasteiger partial charge in [-0.15, -0.1) is 0 Å². The minimum absolute atomic E-state index is 0.0457. The lowest BCUT2D eigenvalue weighted by molar-refractivity contribution is 0.0684. The summed E-state index contributed by atoms with van der Waals surface area (Å²) in [4.78, 5) is 22.7. The van der Waals surface area contributed by atoms with Gasteiger partial charge in [-0.3, -0.25) is 0 Å². The third-order valence-electron chi connectivity index (χ3n) is 4.55. The molecule has 0 heterocycles. The van der Waals surface area contributed by atoms with E-state index in [9.17, 15) is 30.0 Å².